The highest BCUT2D eigenvalue weighted by Gasteiger charge is 2.34. The Labute approximate surface area is 159 Å². The molecule has 2 aliphatic heterocycles. The number of ether oxygens (including phenoxy) is 1. The zero-order valence-corrected chi connectivity index (χ0v) is 15.9. The summed E-state index contributed by atoms with van der Waals surface area (Å²) in [5, 5.41) is 0. The molecular formula is C19H21N3O4S. The van der Waals surface area contributed by atoms with Crippen LogP contribution in [-0.4, -0.2) is 46.4 Å². The average Bonchev–Trinajstić information content (AvgIpc) is 3.09. The van der Waals surface area contributed by atoms with Crippen molar-refractivity contribution >= 4 is 28.2 Å². The number of benzene rings is 2. The predicted molar refractivity (Wildman–Crippen MR) is 106 cm³/mol. The van der Waals surface area contributed by atoms with Gasteiger partial charge in [-0.1, -0.05) is 16.8 Å². The van der Waals surface area contributed by atoms with Gasteiger partial charge in [0.1, 0.15) is 22.2 Å². The fourth-order valence-electron chi connectivity index (χ4n) is 3.30. The lowest BCUT2D eigenvalue weighted by Crippen LogP contribution is -2.29. The molecule has 0 saturated carbocycles. The van der Waals surface area contributed by atoms with Crippen LogP contribution < -0.4 is 9.64 Å². The first-order chi connectivity index (χ1) is 12.8. The Morgan fingerprint density at radius 2 is 1.96 bits per heavy atom. The Balaban J connectivity index is 1.65. The Morgan fingerprint density at radius 1 is 1.19 bits per heavy atom. The van der Waals surface area contributed by atoms with Crippen molar-refractivity contribution in [3.8, 4) is 11.5 Å². The lowest BCUT2D eigenvalue weighted by Gasteiger charge is -2.37. The van der Waals surface area contributed by atoms with Crippen LogP contribution in [0, 0.1) is 0 Å². The Kier molecular flexibility index (Phi) is 4.33. The number of carbonyl (C=O) groups is 1. The highest BCUT2D eigenvalue weighted by molar-refractivity contribution is 8.23. The van der Waals surface area contributed by atoms with Gasteiger partial charge in [-0.2, -0.15) is 0 Å². The zero-order valence-electron chi connectivity index (χ0n) is 15.1. The van der Waals surface area contributed by atoms with Crippen molar-refractivity contribution in [2.24, 2.45) is 4.40 Å². The summed E-state index contributed by atoms with van der Waals surface area (Å²) >= 11 is 0. The normalized spacial score (nSPS) is 18.2. The Hall–Kier alpha value is -2.55. The molecule has 2 aliphatic rings. The highest BCUT2D eigenvalue weighted by atomic mass is 32.3. The average molecular weight is 387 g/mol. The number of carbonyl (C=O) groups excluding carboxylic acids is 1. The van der Waals surface area contributed by atoms with E-state index in [1.165, 1.54) is 4.90 Å². The maximum absolute atomic E-state index is 12.1. The van der Waals surface area contributed by atoms with Gasteiger partial charge in [0, 0.05) is 38.7 Å². The number of hydrogen-bond donors (Lipinski definition) is 2. The first-order valence-electron chi connectivity index (χ1n) is 8.63. The largest absolute Gasteiger partial charge is 0.457 e. The van der Waals surface area contributed by atoms with E-state index in [9.17, 15) is 13.9 Å². The van der Waals surface area contributed by atoms with Crippen molar-refractivity contribution < 1.29 is 18.6 Å². The standard InChI is InChI=1S/C19H21N3O4S/c1-21(2)19(23)13-5-3-6-14(11-13)26-15-8-9-16-17(12-15)27(24,25)20-18-7-4-10-22(16)18/h3,5-6,8-9,11-12,24-25H,4,7,10H2,1-2H3. The number of nitrogens with zero attached hydrogens (tertiary/aromatic N) is 3. The van der Waals surface area contributed by atoms with E-state index >= 15 is 0 Å². The minimum atomic E-state index is -3.24. The molecule has 0 atom stereocenters. The van der Waals surface area contributed by atoms with Crippen molar-refractivity contribution in [2.45, 2.75) is 17.7 Å². The topological polar surface area (TPSA) is 85.6 Å². The number of fused-ring (bicyclic) bond motifs is 3. The van der Waals surface area contributed by atoms with Crippen LogP contribution >= 0.6 is 10.8 Å². The molecule has 1 saturated heterocycles. The van der Waals surface area contributed by atoms with Gasteiger partial charge in [0.2, 0.25) is 0 Å². The summed E-state index contributed by atoms with van der Waals surface area (Å²) in [5.41, 5.74) is 1.28. The van der Waals surface area contributed by atoms with Gasteiger partial charge in [0.25, 0.3) is 5.91 Å². The van der Waals surface area contributed by atoms with E-state index in [1.54, 1.807) is 50.5 Å². The number of anilines is 1. The smallest absolute Gasteiger partial charge is 0.253 e. The molecule has 27 heavy (non-hydrogen) atoms. The quantitative estimate of drug-likeness (QED) is 0.824. The fraction of sp³-hybridized carbons (Fsp3) is 0.263. The van der Waals surface area contributed by atoms with Crippen LogP contribution in [0.1, 0.15) is 23.2 Å². The zero-order chi connectivity index (χ0) is 19.2. The molecule has 0 aliphatic carbocycles. The van der Waals surface area contributed by atoms with E-state index in [0.717, 1.165) is 30.9 Å². The highest BCUT2D eigenvalue weighted by Crippen LogP contribution is 2.58. The molecule has 2 N–H and O–H groups in total. The summed E-state index contributed by atoms with van der Waals surface area (Å²) in [6.45, 7) is 0.816. The summed E-state index contributed by atoms with van der Waals surface area (Å²) in [7, 11) is 0.145. The summed E-state index contributed by atoms with van der Waals surface area (Å²) in [6.07, 6.45) is 1.69. The number of amidine groups is 1. The second-order valence-corrected chi connectivity index (χ2v) is 8.40. The van der Waals surface area contributed by atoms with E-state index < -0.39 is 10.8 Å². The van der Waals surface area contributed by atoms with Crippen LogP contribution in [0.3, 0.4) is 0 Å². The van der Waals surface area contributed by atoms with Crippen LogP contribution in [-0.2, 0) is 0 Å². The fourth-order valence-corrected chi connectivity index (χ4v) is 4.61. The lowest BCUT2D eigenvalue weighted by molar-refractivity contribution is 0.0827. The summed E-state index contributed by atoms with van der Waals surface area (Å²) in [6, 6.07) is 12.1. The molecule has 142 valence electrons. The van der Waals surface area contributed by atoms with E-state index in [-0.39, 0.29) is 5.91 Å². The van der Waals surface area contributed by atoms with Gasteiger partial charge >= 0.3 is 0 Å². The Morgan fingerprint density at radius 3 is 2.74 bits per heavy atom. The third-order valence-corrected chi connectivity index (χ3v) is 5.95. The SMILES string of the molecule is CN(C)C(=O)c1cccc(Oc2ccc3c(c2)S(O)(O)N=C2CCCN23)c1. The van der Waals surface area contributed by atoms with Gasteiger partial charge in [0.15, 0.2) is 0 Å². The van der Waals surface area contributed by atoms with Crippen molar-refractivity contribution in [1.29, 1.82) is 0 Å². The minimum absolute atomic E-state index is 0.115. The van der Waals surface area contributed by atoms with Gasteiger partial charge < -0.3 is 14.5 Å². The summed E-state index contributed by atoms with van der Waals surface area (Å²) < 4.78 is 30.9. The van der Waals surface area contributed by atoms with Crippen LogP contribution in [0.15, 0.2) is 51.8 Å². The molecular weight excluding hydrogens is 366 g/mol. The maximum atomic E-state index is 12.1. The molecule has 1 fully saturated rings. The van der Waals surface area contributed by atoms with E-state index in [1.807, 2.05) is 11.0 Å². The molecule has 0 unspecified atom stereocenters. The molecule has 0 radical (unpaired) electrons. The van der Waals surface area contributed by atoms with E-state index in [0.29, 0.717) is 22.0 Å². The van der Waals surface area contributed by atoms with Crippen LogP contribution in [0.4, 0.5) is 5.69 Å². The molecule has 8 heteroatoms. The second-order valence-electron chi connectivity index (χ2n) is 6.74. The molecule has 2 heterocycles. The third-order valence-electron chi connectivity index (χ3n) is 4.57. The maximum Gasteiger partial charge on any atom is 0.253 e. The van der Waals surface area contributed by atoms with Gasteiger partial charge in [0.05, 0.1) is 5.69 Å². The van der Waals surface area contributed by atoms with E-state index in [4.69, 9.17) is 4.74 Å². The number of rotatable bonds is 3. The van der Waals surface area contributed by atoms with Gasteiger partial charge in [-0.3, -0.25) is 13.9 Å². The van der Waals surface area contributed by atoms with Crippen molar-refractivity contribution in [2.75, 3.05) is 25.5 Å². The molecule has 0 aromatic heterocycles. The summed E-state index contributed by atoms with van der Waals surface area (Å²) in [5.74, 6) is 1.57. The lowest BCUT2D eigenvalue weighted by atomic mass is 10.2. The molecule has 0 bridgehead atoms. The molecule has 2 aromatic rings. The molecule has 2 aromatic carbocycles. The second kappa shape index (κ2) is 6.56. The monoisotopic (exact) mass is 387 g/mol. The van der Waals surface area contributed by atoms with Crippen molar-refractivity contribution in [1.82, 2.24) is 4.90 Å². The molecule has 0 spiro atoms. The molecule has 1 amide bonds. The summed E-state index contributed by atoms with van der Waals surface area (Å²) in [4.78, 5) is 16.0. The van der Waals surface area contributed by atoms with Crippen LogP contribution in [0.2, 0.25) is 0 Å². The molecule has 4 rings (SSSR count). The predicted octanol–water partition coefficient (Wildman–Crippen LogP) is 4.22. The Bertz CT molecular complexity index is 942. The van der Waals surface area contributed by atoms with Gasteiger partial charge in [-0.05, 0) is 36.8 Å². The number of hydrogen-bond acceptors (Lipinski definition) is 6. The first-order valence-corrected chi connectivity index (χ1v) is 10.1. The van der Waals surface area contributed by atoms with Gasteiger partial charge in [-0.15, -0.1) is 4.40 Å². The van der Waals surface area contributed by atoms with Gasteiger partial charge in [-0.25, -0.2) is 0 Å². The number of amides is 1. The molecule has 7 nitrogen and oxygen atoms in total. The van der Waals surface area contributed by atoms with E-state index in [2.05, 4.69) is 4.40 Å². The minimum Gasteiger partial charge on any atom is -0.457 e. The van der Waals surface area contributed by atoms with Crippen molar-refractivity contribution in [3.63, 3.8) is 0 Å². The third kappa shape index (κ3) is 3.27. The van der Waals surface area contributed by atoms with Crippen LogP contribution in [0.5, 0.6) is 11.5 Å². The van der Waals surface area contributed by atoms with Crippen molar-refractivity contribution in [3.05, 3.63) is 48.0 Å². The first kappa shape index (κ1) is 17.8. The van der Waals surface area contributed by atoms with Crippen LogP contribution in [0.25, 0.3) is 0 Å².